The van der Waals surface area contributed by atoms with E-state index in [1.165, 1.54) is 21.0 Å². The van der Waals surface area contributed by atoms with Gasteiger partial charge in [-0.2, -0.15) is 0 Å². The Balaban J connectivity index is 2.71. The lowest BCUT2D eigenvalue weighted by atomic mass is 10.1. The summed E-state index contributed by atoms with van der Waals surface area (Å²) in [6.45, 7) is 3.04. The van der Waals surface area contributed by atoms with E-state index in [0.717, 1.165) is 5.56 Å². The Morgan fingerprint density at radius 2 is 1.70 bits per heavy atom. The molecule has 0 aliphatic carbocycles. The second-order valence-corrected chi connectivity index (χ2v) is 5.29. The number of nitrogens with two attached hydrogens (primary N) is 1. The Labute approximate surface area is 135 Å². The maximum absolute atomic E-state index is 12.1. The molecule has 0 saturated carbocycles. The molecule has 0 aromatic heterocycles. The van der Waals surface area contributed by atoms with Gasteiger partial charge in [0.1, 0.15) is 12.1 Å². The first-order valence-corrected chi connectivity index (χ1v) is 7.33. The predicted octanol–water partition coefficient (Wildman–Crippen LogP) is -0.261. The van der Waals surface area contributed by atoms with Crippen LogP contribution in [-0.2, 0) is 25.5 Å². The fraction of sp³-hybridized carbons (Fsp3) is 0.438. The lowest BCUT2D eigenvalue weighted by Crippen LogP contribution is -2.53. The zero-order valence-corrected chi connectivity index (χ0v) is 13.5. The van der Waals surface area contributed by atoms with Gasteiger partial charge in [-0.05, 0) is 19.4 Å². The van der Waals surface area contributed by atoms with Gasteiger partial charge in [-0.25, -0.2) is 4.79 Å². The second-order valence-electron chi connectivity index (χ2n) is 5.29. The molecule has 4 N–H and O–H groups in total. The van der Waals surface area contributed by atoms with Gasteiger partial charge in [-0.1, -0.05) is 30.3 Å². The van der Waals surface area contributed by atoms with Gasteiger partial charge in [0.25, 0.3) is 0 Å². The fourth-order valence-electron chi connectivity index (χ4n) is 1.89. The molecule has 0 unspecified atom stereocenters. The zero-order valence-electron chi connectivity index (χ0n) is 13.5. The van der Waals surface area contributed by atoms with Crippen LogP contribution in [0.25, 0.3) is 0 Å². The van der Waals surface area contributed by atoms with Crippen molar-refractivity contribution in [2.75, 3.05) is 7.11 Å². The molecule has 0 saturated heterocycles. The Kier molecular flexibility index (Phi) is 7.21. The molecular weight excluding hydrogens is 298 g/mol. The molecule has 7 nitrogen and oxygen atoms in total. The normalized spacial score (nSPS) is 14.3. The molecule has 0 aliphatic heterocycles. The number of carbonyl (C=O) groups excluding carboxylic acids is 3. The van der Waals surface area contributed by atoms with E-state index in [1.54, 1.807) is 0 Å². The molecule has 1 aromatic rings. The molecule has 0 heterocycles. The predicted molar refractivity (Wildman–Crippen MR) is 85.3 cm³/mol. The van der Waals surface area contributed by atoms with Crippen molar-refractivity contribution in [1.29, 1.82) is 0 Å². The molecule has 7 heteroatoms. The van der Waals surface area contributed by atoms with Gasteiger partial charge >= 0.3 is 5.97 Å². The van der Waals surface area contributed by atoms with E-state index in [1.807, 2.05) is 30.3 Å². The molecule has 1 aromatic carbocycles. The Morgan fingerprint density at radius 3 is 2.22 bits per heavy atom. The summed E-state index contributed by atoms with van der Waals surface area (Å²) in [5.74, 6) is -1.47. The number of hydrogen-bond donors (Lipinski definition) is 3. The number of amides is 2. The van der Waals surface area contributed by atoms with Crippen LogP contribution < -0.4 is 16.4 Å². The molecule has 0 fully saturated rings. The van der Waals surface area contributed by atoms with Gasteiger partial charge in [0.2, 0.25) is 11.8 Å². The highest BCUT2D eigenvalue weighted by molar-refractivity contribution is 5.91. The summed E-state index contributed by atoms with van der Waals surface area (Å²) >= 11 is 0. The highest BCUT2D eigenvalue weighted by atomic mass is 16.5. The van der Waals surface area contributed by atoms with Gasteiger partial charge in [0, 0.05) is 6.42 Å². The van der Waals surface area contributed by atoms with Crippen LogP contribution in [0, 0.1) is 0 Å². The number of carbonyl (C=O) groups is 3. The molecule has 0 bridgehead atoms. The third-order valence-electron chi connectivity index (χ3n) is 3.25. The van der Waals surface area contributed by atoms with Crippen LogP contribution in [-0.4, -0.2) is 43.0 Å². The summed E-state index contributed by atoms with van der Waals surface area (Å²) in [5.41, 5.74) is 6.32. The van der Waals surface area contributed by atoms with E-state index in [2.05, 4.69) is 10.6 Å². The van der Waals surface area contributed by atoms with Gasteiger partial charge in [-0.3, -0.25) is 9.59 Å². The molecular formula is C16H23N3O4. The van der Waals surface area contributed by atoms with Gasteiger partial charge in [-0.15, -0.1) is 0 Å². The van der Waals surface area contributed by atoms with Crippen LogP contribution in [0.3, 0.4) is 0 Å². The standard InChI is InChI=1S/C16H23N3O4/c1-10(17)14(20)18-11(2)15(21)19-13(16(22)23-3)9-12-7-5-4-6-8-12/h4-8,10-11,13H,9,17H2,1-3H3,(H,18,20)(H,19,21)/t10-,11-,13-/m0/s1. The summed E-state index contributed by atoms with van der Waals surface area (Å²) in [7, 11) is 1.26. The summed E-state index contributed by atoms with van der Waals surface area (Å²) in [4.78, 5) is 35.5. The highest BCUT2D eigenvalue weighted by Crippen LogP contribution is 2.05. The molecule has 126 valence electrons. The van der Waals surface area contributed by atoms with Crippen LogP contribution in [0.5, 0.6) is 0 Å². The number of hydrogen-bond acceptors (Lipinski definition) is 5. The summed E-state index contributed by atoms with van der Waals surface area (Å²) in [6, 6.07) is 6.90. The van der Waals surface area contributed by atoms with Crippen LogP contribution >= 0.6 is 0 Å². The molecule has 2 amide bonds. The Bertz CT molecular complexity index is 546. The first-order chi connectivity index (χ1) is 10.8. The van der Waals surface area contributed by atoms with Crippen molar-refractivity contribution in [2.45, 2.75) is 38.4 Å². The molecule has 23 heavy (non-hydrogen) atoms. The Hall–Kier alpha value is -2.41. The summed E-state index contributed by atoms with van der Waals surface area (Å²) in [6.07, 6.45) is 0.299. The van der Waals surface area contributed by atoms with Crippen molar-refractivity contribution in [3.63, 3.8) is 0 Å². The lowest BCUT2D eigenvalue weighted by molar-refractivity contribution is -0.145. The number of methoxy groups -OCH3 is 1. The first kappa shape index (κ1) is 18.6. The molecule has 0 aliphatic rings. The number of esters is 1. The van der Waals surface area contributed by atoms with E-state index in [-0.39, 0.29) is 0 Å². The lowest BCUT2D eigenvalue weighted by Gasteiger charge is -2.20. The largest absolute Gasteiger partial charge is 0.467 e. The van der Waals surface area contributed by atoms with E-state index >= 15 is 0 Å². The molecule has 1 rings (SSSR count). The average molecular weight is 321 g/mol. The summed E-state index contributed by atoms with van der Waals surface area (Å²) < 4.78 is 4.72. The van der Waals surface area contributed by atoms with Crippen LogP contribution in [0.4, 0.5) is 0 Å². The van der Waals surface area contributed by atoms with E-state index < -0.39 is 35.9 Å². The Morgan fingerprint density at radius 1 is 1.09 bits per heavy atom. The van der Waals surface area contributed by atoms with Gasteiger partial charge in [0.05, 0.1) is 13.2 Å². The van der Waals surface area contributed by atoms with Crippen LogP contribution in [0.15, 0.2) is 30.3 Å². The third-order valence-corrected chi connectivity index (χ3v) is 3.25. The van der Waals surface area contributed by atoms with Crippen molar-refractivity contribution >= 4 is 17.8 Å². The number of ether oxygens (including phenoxy) is 1. The monoisotopic (exact) mass is 321 g/mol. The minimum Gasteiger partial charge on any atom is -0.467 e. The van der Waals surface area contributed by atoms with Gasteiger partial charge < -0.3 is 21.1 Å². The SMILES string of the molecule is COC(=O)[C@H](Cc1ccccc1)NC(=O)[C@H](C)NC(=O)[C@H](C)N. The maximum Gasteiger partial charge on any atom is 0.328 e. The smallest absolute Gasteiger partial charge is 0.328 e. The van der Waals surface area contributed by atoms with Crippen LogP contribution in [0.2, 0.25) is 0 Å². The van der Waals surface area contributed by atoms with Crippen molar-refractivity contribution in [2.24, 2.45) is 5.73 Å². The quantitative estimate of drug-likeness (QED) is 0.599. The average Bonchev–Trinajstić information content (AvgIpc) is 2.54. The zero-order chi connectivity index (χ0) is 17.4. The van der Waals surface area contributed by atoms with Crippen molar-refractivity contribution < 1.29 is 19.1 Å². The van der Waals surface area contributed by atoms with Gasteiger partial charge in [0.15, 0.2) is 0 Å². The van der Waals surface area contributed by atoms with Crippen molar-refractivity contribution in [3.8, 4) is 0 Å². The summed E-state index contributed by atoms with van der Waals surface area (Å²) in [5, 5.41) is 5.07. The number of rotatable bonds is 7. The third kappa shape index (κ3) is 6.07. The number of benzene rings is 1. The molecule has 0 spiro atoms. The van der Waals surface area contributed by atoms with E-state index in [4.69, 9.17) is 10.5 Å². The van der Waals surface area contributed by atoms with E-state index in [0.29, 0.717) is 6.42 Å². The van der Waals surface area contributed by atoms with Crippen molar-refractivity contribution in [3.05, 3.63) is 35.9 Å². The molecule has 0 radical (unpaired) electrons. The topological polar surface area (TPSA) is 111 Å². The highest BCUT2D eigenvalue weighted by Gasteiger charge is 2.25. The van der Waals surface area contributed by atoms with E-state index in [9.17, 15) is 14.4 Å². The minimum atomic E-state index is -0.829. The second kappa shape index (κ2) is 8.89. The van der Waals surface area contributed by atoms with Crippen LogP contribution in [0.1, 0.15) is 19.4 Å². The van der Waals surface area contributed by atoms with Crippen molar-refractivity contribution in [1.82, 2.24) is 10.6 Å². The first-order valence-electron chi connectivity index (χ1n) is 7.33. The maximum atomic E-state index is 12.1. The fourth-order valence-corrected chi connectivity index (χ4v) is 1.89. The number of nitrogens with one attached hydrogen (secondary N) is 2. The minimum absolute atomic E-state index is 0.299. The molecule has 3 atom stereocenters.